The zero-order valence-corrected chi connectivity index (χ0v) is 19.1. The minimum absolute atomic E-state index is 0.184. The van der Waals surface area contributed by atoms with Crippen LogP contribution in [-0.2, 0) is 6.67 Å². The van der Waals surface area contributed by atoms with Gasteiger partial charge in [-0.15, -0.1) is 0 Å². The molecule has 0 atom stereocenters. The fourth-order valence-corrected chi connectivity index (χ4v) is 4.45. The normalized spacial score (nSPS) is 13.3. The van der Waals surface area contributed by atoms with Crippen molar-refractivity contribution in [2.45, 2.75) is 13.6 Å². The molecule has 0 amide bonds. The number of rotatable bonds is 7. The average Bonchev–Trinajstić information content (AvgIpc) is 3.13. The van der Waals surface area contributed by atoms with Crippen LogP contribution in [0.4, 0.5) is 11.4 Å². The first-order valence-corrected chi connectivity index (χ1v) is 10.9. The Hall–Kier alpha value is -3.86. The van der Waals surface area contributed by atoms with Crippen LogP contribution in [0, 0.1) is 10.1 Å². The van der Waals surface area contributed by atoms with Crippen molar-refractivity contribution in [3.8, 4) is 17.2 Å². The van der Waals surface area contributed by atoms with Crippen LogP contribution in [0.15, 0.2) is 46.2 Å². The quantitative estimate of drug-likeness (QED) is 0.384. The van der Waals surface area contributed by atoms with Gasteiger partial charge in [-0.25, -0.2) is 4.99 Å². The highest BCUT2D eigenvalue weighted by Crippen LogP contribution is 2.34. The zero-order chi connectivity index (χ0) is 23.5. The van der Waals surface area contributed by atoms with E-state index >= 15 is 0 Å². The number of hydrogen-bond donors (Lipinski definition) is 0. The summed E-state index contributed by atoms with van der Waals surface area (Å²) in [6.07, 6.45) is 1.50. The highest BCUT2D eigenvalue weighted by Gasteiger charge is 2.20. The van der Waals surface area contributed by atoms with Crippen molar-refractivity contribution in [1.29, 1.82) is 0 Å². The SMILES string of the molecule is CCOc1ccc(N2CN=c3sc(=Cc4cc(OC)c(OC)cc4[N+](=O)[O-])c(=O)n3C2)cc1. The average molecular weight is 471 g/mol. The van der Waals surface area contributed by atoms with Crippen LogP contribution in [0.3, 0.4) is 0 Å². The highest BCUT2D eigenvalue weighted by atomic mass is 32.1. The molecule has 0 radical (unpaired) electrons. The largest absolute Gasteiger partial charge is 0.494 e. The van der Waals surface area contributed by atoms with E-state index in [1.807, 2.05) is 36.1 Å². The summed E-state index contributed by atoms with van der Waals surface area (Å²) in [5, 5.41) is 11.6. The Morgan fingerprint density at radius 1 is 1.18 bits per heavy atom. The molecule has 0 saturated heterocycles. The number of ether oxygens (including phenoxy) is 3. The van der Waals surface area contributed by atoms with Crippen molar-refractivity contribution in [3.63, 3.8) is 0 Å². The van der Waals surface area contributed by atoms with E-state index in [0.29, 0.717) is 35.0 Å². The van der Waals surface area contributed by atoms with E-state index < -0.39 is 4.92 Å². The third-order valence-electron chi connectivity index (χ3n) is 5.11. The summed E-state index contributed by atoms with van der Waals surface area (Å²) in [4.78, 5) is 31.2. The summed E-state index contributed by atoms with van der Waals surface area (Å²) in [6, 6.07) is 10.4. The lowest BCUT2D eigenvalue weighted by Crippen LogP contribution is -2.42. The molecule has 2 heterocycles. The van der Waals surface area contributed by atoms with Gasteiger partial charge in [0.15, 0.2) is 16.3 Å². The molecule has 1 aliphatic heterocycles. The number of nitrogens with zero attached hydrogens (tertiary/aromatic N) is 4. The zero-order valence-electron chi connectivity index (χ0n) is 18.3. The molecule has 1 aromatic heterocycles. The minimum atomic E-state index is -0.517. The van der Waals surface area contributed by atoms with Gasteiger partial charge < -0.3 is 19.1 Å². The van der Waals surface area contributed by atoms with Crippen LogP contribution < -0.4 is 34.0 Å². The standard InChI is InChI=1S/C22H22N4O6S/c1-4-32-16-7-5-15(6-8-16)24-12-23-22-25(13-24)21(27)20(33-22)10-14-9-18(30-2)19(31-3)11-17(14)26(28)29/h5-11H,4,12-13H2,1-3H3. The monoisotopic (exact) mass is 470 g/mol. The molecule has 0 unspecified atom stereocenters. The molecule has 0 bridgehead atoms. The lowest BCUT2D eigenvalue weighted by atomic mass is 10.1. The number of anilines is 1. The number of aromatic nitrogens is 1. The number of fused-ring (bicyclic) bond motifs is 1. The van der Waals surface area contributed by atoms with Gasteiger partial charge in [0.2, 0.25) is 0 Å². The van der Waals surface area contributed by atoms with Crippen molar-refractivity contribution in [2.24, 2.45) is 4.99 Å². The summed E-state index contributed by atoms with van der Waals surface area (Å²) < 4.78 is 17.8. The topological polar surface area (TPSA) is 108 Å². The van der Waals surface area contributed by atoms with Gasteiger partial charge in [0.1, 0.15) is 19.1 Å². The summed E-state index contributed by atoms with van der Waals surface area (Å²) >= 11 is 1.19. The number of benzene rings is 2. The number of methoxy groups -OCH3 is 2. The first-order chi connectivity index (χ1) is 15.9. The van der Waals surface area contributed by atoms with Crippen molar-refractivity contribution in [3.05, 3.63) is 71.8 Å². The second-order valence-corrected chi connectivity index (χ2v) is 8.07. The molecule has 2 aromatic carbocycles. The molecule has 1 aliphatic rings. The van der Waals surface area contributed by atoms with Crippen molar-refractivity contribution in [2.75, 3.05) is 32.4 Å². The molecular formula is C22H22N4O6S. The first-order valence-electron chi connectivity index (χ1n) is 10.1. The van der Waals surface area contributed by atoms with Gasteiger partial charge in [0.05, 0.1) is 41.9 Å². The molecule has 0 aliphatic carbocycles. The van der Waals surface area contributed by atoms with Crippen LogP contribution in [0.25, 0.3) is 6.08 Å². The van der Waals surface area contributed by atoms with E-state index in [2.05, 4.69) is 4.99 Å². The van der Waals surface area contributed by atoms with Gasteiger partial charge >= 0.3 is 0 Å². The van der Waals surface area contributed by atoms with E-state index in [9.17, 15) is 14.9 Å². The molecular weight excluding hydrogens is 448 g/mol. The summed E-state index contributed by atoms with van der Waals surface area (Å²) in [7, 11) is 2.85. The van der Waals surface area contributed by atoms with E-state index in [1.54, 1.807) is 4.57 Å². The maximum Gasteiger partial charge on any atom is 0.280 e. The first kappa shape index (κ1) is 22.3. The van der Waals surface area contributed by atoms with E-state index in [4.69, 9.17) is 14.2 Å². The number of thiazole rings is 1. The van der Waals surface area contributed by atoms with Gasteiger partial charge in [-0.3, -0.25) is 19.5 Å². The molecule has 0 spiro atoms. The Labute approximate surface area is 192 Å². The minimum Gasteiger partial charge on any atom is -0.494 e. The van der Waals surface area contributed by atoms with Crippen LogP contribution in [0.2, 0.25) is 0 Å². The summed E-state index contributed by atoms with van der Waals surface area (Å²) in [5.41, 5.74) is 0.708. The second kappa shape index (κ2) is 9.33. The van der Waals surface area contributed by atoms with Gasteiger partial charge in [-0.1, -0.05) is 11.3 Å². The number of hydrogen-bond acceptors (Lipinski definition) is 9. The smallest absolute Gasteiger partial charge is 0.280 e. The second-order valence-electron chi connectivity index (χ2n) is 7.06. The Morgan fingerprint density at radius 2 is 1.88 bits per heavy atom. The van der Waals surface area contributed by atoms with Gasteiger partial charge in [-0.05, 0) is 43.3 Å². The van der Waals surface area contributed by atoms with Gasteiger partial charge in [-0.2, -0.15) is 0 Å². The van der Waals surface area contributed by atoms with Crippen molar-refractivity contribution < 1.29 is 19.1 Å². The third kappa shape index (κ3) is 4.40. The number of nitro groups is 1. The lowest BCUT2D eigenvalue weighted by molar-refractivity contribution is -0.385. The van der Waals surface area contributed by atoms with E-state index in [-0.39, 0.29) is 22.6 Å². The maximum atomic E-state index is 13.1. The fourth-order valence-electron chi connectivity index (χ4n) is 3.49. The van der Waals surface area contributed by atoms with Crippen LogP contribution in [0.1, 0.15) is 12.5 Å². The molecule has 11 heteroatoms. The summed E-state index contributed by atoms with van der Waals surface area (Å²) in [5.74, 6) is 1.35. The summed E-state index contributed by atoms with van der Waals surface area (Å²) in [6.45, 7) is 3.23. The van der Waals surface area contributed by atoms with E-state index in [0.717, 1.165) is 11.4 Å². The molecule has 3 aromatic rings. The molecule has 4 rings (SSSR count). The molecule has 10 nitrogen and oxygen atoms in total. The Bertz CT molecular complexity index is 1360. The van der Waals surface area contributed by atoms with Gasteiger partial charge in [0.25, 0.3) is 11.2 Å². The van der Waals surface area contributed by atoms with Crippen LogP contribution >= 0.6 is 11.3 Å². The highest BCUT2D eigenvalue weighted by molar-refractivity contribution is 7.07. The molecule has 33 heavy (non-hydrogen) atoms. The Balaban J connectivity index is 1.72. The van der Waals surface area contributed by atoms with E-state index in [1.165, 1.54) is 43.8 Å². The van der Waals surface area contributed by atoms with Crippen LogP contribution in [0.5, 0.6) is 17.2 Å². The third-order valence-corrected chi connectivity index (χ3v) is 6.15. The van der Waals surface area contributed by atoms with Crippen molar-refractivity contribution in [1.82, 2.24) is 4.57 Å². The Kier molecular flexibility index (Phi) is 6.31. The molecule has 172 valence electrons. The van der Waals surface area contributed by atoms with Gasteiger partial charge in [0, 0.05) is 5.69 Å². The Morgan fingerprint density at radius 3 is 2.52 bits per heavy atom. The predicted molar refractivity (Wildman–Crippen MR) is 124 cm³/mol. The molecule has 0 fully saturated rings. The lowest BCUT2D eigenvalue weighted by Gasteiger charge is -2.25. The predicted octanol–water partition coefficient (Wildman–Crippen LogP) is 2.12. The van der Waals surface area contributed by atoms with Crippen LogP contribution in [-0.4, -0.2) is 37.0 Å². The molecule has 0 N–H and O–H groups in total. The number of nitro benzene ring substituents is 1. The maximum absolute atomic E-state index is 13.1. The molecule has 0 saturated carbocycles. The van der Waals surface area contributed by atoms with Crippen molar-refractivity contribution >= 4 is 28.8 Å². The fraction of sp³-hybridized carbons (Fsp3) is 0.273.